The summed E-state index contributed by atoms with van der Waals surface area (Å²) in [6, 6.07) is 15.4. The largest absolute Gasteiger partial charge is 0.369 e. The van der Waals surface area contributed by atoms with Crippen LogP contribution in [0.4, 0.5) is 4.39 Å². The van der Waals surface area contributed by atoms with Crippen molar-refractivity contribution in [1.82, 2.24) is 20.1 Å². The van der Waals surface area contributed by atoms with Gasteiger partial charge in [0.05, 0.1) is 11.2 Å². The summed E-state index contributed by atoms with van der Waals surface area (Å²) >= 11 is 1.21. The van der Waals surface area contributed by atoms with Gasteiger partial charge in [-0.3, -0.25) is 14.2 Å². The molecule has 0 atom stereocenters. The summed E-state index contributed by atoms with van der Waals surface area (Å²) < 4.78 is 15.1. The summed E-state index contributed by atoms with van der Waals surface area (Å²) in [6.45, 7) is 3.49. The van der Waals surface area contributed by atoms with E-state index in [1.54, 1.807) is 26.0 Å². The predicted octanol–water partition coefficient (Wildman–Crippen LogP) is 2.79. The lowest BCUT2D eigenvalue weighted by Crippen LogP contribution is -2.42. The second-order valence-electron chi connectivity index (χ2n) is 7.30. The highest BCUT2D eigenvalue weighted by Crippen LogP contribution is 2.28. The van der Waals surface area contributed by atoms with Crippen molar-refractivity contribution >= 4 is 23.6 Å². The van der Waals surface area contributed by atoms with Crippen molar-refractivity contribution < 1.29 is 14.0 Å². The van der Waals surface area contributed by atoms with Gasteiger partial charge in [0.2, 0.25) is 11.8 Å². The Balaban J connectivity index is 1.81. The molecule has 0 aliphatic heterocycles. The number of para-hydroxylation sites is 1. The Bertz CT molecular complexity index is 1040. The van der Waals surface area contributed by atoms with Crippen molar-refractivity contribution in [2.45, 2.75) is 19.0 Å². The molecule has 1 heterocycles. The molecule has 0 saturated heterocycles. The molecule has 7 nitrogen and oxygen atoms in total. The highest BCUT2D eigenvalue weighted by molar-refractivity contribution is 7.99. The van der Waals surface area contributed by atoms with Crippen LogP contribution >= 0.6 is 11.8 Å². The van der Waals surface area contributed by atoms with E-state index < -0.39 is 11.3 Å². The minimum atomic E-state index is -0.833. The predicted molar refractivity (Wildman–Crippen MR) is 113 cm³/mol. The van der Waals surface area contributed by atoms with Gasteiger partial charge in [-0.05, 0) is 50.2 Å². The average Bonchev–Trinajstić information content (AvgIpc) is 3.16. The minimum Gasteiger partial charge on any atom is -0.369 e. The van der Waals surface area contributed by atoms with Crippen LogP contribution in [-0.4, -0.2) is 38.9 Å². The molecular formula is C21H22FN5O2S. The number of carbonyl (C=O) groups is 2. The van der Waals surface area contributed by atoms with Gasteiger partial charge in [0.1, 0.15) is 5.82 Å². The fraction of sp³-hybridized carbons (Fsp3) is 0.238. The first kappa shape index (κ1) is 21.5. The van der Waals surface area contributed by atoms with E-state index >= 15 is 0 Å². The monoisotopic (exact) mass is 427 g/mol. The number of primary amides is 1. The summed E-state index contributed by atoms with van der Waals surface area (Å²) in [5.41, 5.74) is 6.02. The van der Waals surface area contributed by atoms with Gasteiger partial charge < -0.3 is 11.1 Å². The van der Waals surface area contributed by atoms with Gasteiger partial charge in [0.15, 0.2) is 11.0 Å². The molecule has 3 N–H and O–H groups in total. The molecule has 2 amide bonds. The summed E-state index contributed by atoms with van der Waals surface area (Å²) in [5, 5.41) is 11.7. The summed E-state index contributed by atoms with van der Waals surface area (Å²) in [5.74, 6) is -0.444. The molecule has 2 aromatic carbocycles. The van der Waals surface area contributed by atoms with Crippen LogP contribution in [0.3, 0.4) is 0 Å². The van der Waals surface area contributed by atoms with E-state index in [9.17, 15) is 14.0 Å². The second-order valence-corrected chi connectivity index (χ2v) is 8.24. The molecule has 0 radical (unpaired) electrons. The molecule has 30 heavy (non-hydrogen) atoms. The lowest BCUT2D eigenvalue weighted by Gasteiger charge is -2.20. The quantitative estimate of drug-likeness (QED) is 0.538. The molecule has 0 fully saturated rings. The van der Waals surface area contributed by atoms with E-state index in [2.05, 4.69) is 15.5 Å². The zero-order valence-corrected chi connectivity index (χ0v) is 17.4. The Labute approximate surface area is 177 Å². The number of hydrogen-bond acceptors (Lipinski definition) is 5. The standard InChI is InChI=1S/C21H22FN5O2S/c1-21(2,19(23)29)13-24-17(28)12-30-20-26-25-18(14-8-10-15(22)11-9-14)27(20)16-6-4-3-5-7-16/h3-11H,12-13H2,1-2H3,(H2,23,29)(H,24,28). The van der Waals surface area contributed by atoms with Crippen molar-refractivity contribution in [1.29, 1.82) is 0 Å². The number of amides is 2. The molecule has 0 aliphatic carbocycles. The summed E-state index contributed by atoms with van der Waals surface area (Å²) in [6.07, 6.45) is 0. The SMILES string of the molecule is CC(C)(CNC(=O)CSc1nnc(-c2ccc(F)cc2)n1-c1ccccc1)C(N)=O. The van der Waals surface area contributed by atoms with Gasteiger partial charge >= 0.3 is 0 Å². The maximum absolute atomic E-state index is 13.3. The van der Waals surface area contributed by atoms with E-state index in [0.29, 0.717) is 16.5 Å². The van der Waals surface area contributed by atoms with Crippen molar-refractivity contribution in [3.8, 4) is 17.1 Å². The lowest BCUT2D eigenvalue weighted by molar-refractivity contribution is -0.126. The topological polar surface area (TPSA) is 103 Å². The molecule has 0 unspecified atom stereocenters. The maximum Gasteiger partial charge on any atom is 0.230 e. The number of nitrogens with zero attached hydrogens (tertiary/aromatic N) is 3. The molecule has 156 valence electrons. The van der Waals surface area contributed by atoms with Gasteiger partial charge in [0, 0.05) is 17.8 Å². The maximum atomic E-state index is 13.3. The van der Waals surface area contributed by atoms with Crippen LogP contribution in [-0.2, 0) is 9.59 Å². The number of aromatic nitrogens is 3. The normalized spacial score (nSPS) is 11.3. The van der Waals surface area contributed by atoms with Gasteiger partial charge in [-0.15, -0.1) is 10.2 Å². The molecule has 0 aliphatic rings. The van der Waals surface area contributed by atoms with Gasteiger partial charge in [-0.1, -0.05) is 30.0 Å². The number of carbonyl (C=O) groups excluding carboxylic acids is 2. The van der Waals surface area contributed by atoms with Crippen LogP contribution in [0, 0.1) is 11.2 Å². The van der Waals surface area contributed by atoms with E-state index in [-0.39, 0.29) is 24.0 Å². The van der Waals surface area contributed by atoms with Crippen LogP contribution in [0.2, 0.25) is 0 Å². The Morgan fingerprint density at radius 1 is 1.10 bits per heavy atom. The van der Waals surface area contributed by atoms with Crippen LogP contribution in [0.1, 0.15) is 13.8 Å². The Hall–Kier alpha value is -3.20. The summed E-state index contributed by atoms with van der Waals surface area (Å²) in [4.78, 5) is 23.7. The number of nitrogens with one attached hydrogen (secondary N) is 1. The molecule has 9 heteroatoms. The molecule has 1 aromatic heterocycles. The van der Waals surface area contributed by atoms with E-state index in [1.165, 1.54) is 23.9 Å². The van der Waals surface area contributed by atoms with Crippen molar-refractivity contribution in [2.75, 3.05) is 12.3 Å². The molecule has 3 aromatic rings. The van der Waals surface area contributed by atoms with Crippen molar-refractivity contribution in [3.63, 3.8) is 0 Å². The van der Waals surface area contributed by atoms with Crippen LogP contribution in [0.15, 0.2) is 59.8 Å². The highest BCUT2D eigenvalue weighted by atomic mass is 32.2. The Morgan fingerprint density at radius 2 is 1.77 bits per heavy atom. The first-order valence-electron chi connectivity index (χ1n) is 9.24. The third-order valence-corrected chi connectivity index (χ3v) is 5.41. The number of thioether (sulfide) groups is 1. The van der Waals surface area contributed by atoms with E-state index in [1.807, 2.05) is 34.9 Å². The zero-order valence-electron chi connectivity index (χ0n) is 16.6. The second kappa shape index (κ2) is 9.08. The van der Waals surface area contributed by atoms with Crippen LogP contribution in [0.5, 0.6) is 0 Å². The first-order valence-corrected chi connectivity index (χ1v) is 10.2. The number of nitrogens with two attached hydrogens (primary N) is 1. The fourth-order valence-corrected chi connectivity index (χ4v) is 3.33. The molecule has 3 rings (SSSR count). The third kappa shape index (κ3) is 5.04. The van der Waals surface area contributed by atoms with Crippen molar-refractivity contribution in [3.05, 3.63) is 60.4 Å². The highest BCUT2D eigenvalue weighted by Gasteiger charge is 2.25. The van der Waals surface area contributed by atoms with Crippen LogP contribution < -0.4 is 11.1 Å². The number of benzene rings is 2. The van der Waals surface area contributed by atoms with Crippen molar-refractivity contribution in [2.24, 2.45) is 11.1 Å². The Morgan fingerprint density at radius 3 is 2.40 bits per heavy atom. The first-order chi connectivity index (χ1) is 14.3. The minimum absolute atomic E-state index is 0.0865. The molecular weight excluding hydrogens is 405 g/mol. The zero-order chi connectivity index (χ0) is 21.7. The fourth-order valence-electron chi connectivity index (χ4n) is 2.55. The average molecular weight is 428 g/mol. The van der Waals surface area contributed by atoms with Gasteiger partial charge in [-0.2, -0.15) is 0 Å². The number of hydrogen-bond donors (Lipinski definition) is 2. The van der Waals surface area contributed by atoms with Gasteiger partial charge in [-0.25, -0.2) is 4.39 Å². The van der Waals surface area contributed by atoms with Crippen LogP contribution in [0.25, 0.3) is 17.1 Å². The number of halogens is 1. The van der Waals surface area contributed by atoms with E-state index in [4.69, 9.17) is 5.73 Å². The number of rotatable bonds is 8. The molecule has 0 bridgehead atoms. The Kier molecular flexibility index (Phi) is 6.51. The molecule has 0 saturated carbocycles. The summed E-state index contributed by atoms with van der Waals surface area (Å²) in [7, 11) is 0. The van der Waals surface area contributed by atoms with Gasteiger partial charge in [0.25, 0.3) is 0 Å². The lowest BCUT2D eigenvalue weighted by atomic mass is 9.93. The third-order valence-electron chi connectivity index (χ3n) is 4.48. The smallest absolute Gasteiger partial charge is 0.230 e. The molecule has 0 spiro atoms. The van der Waals surface area contributed by atoms with E-state index in [0.717, 1.165) is 5.69 Å².